The highest BCUT2D eigenvalue weighted by Gasteiger charge is 2.16. The molecule has 90 valence electrons. The van der Waals surface area contributed by atoms with Crippen LogP contribution < -0.4 is 4.72 Å². The smallest absolute Gasteiger partial charge is 0.253 e. The number of halogens is 1. The molecule has 2 rings (SSSR count). The highest BCUT2D eigenvalue weighted by atomic mass is 79.9. The fraction of sp³-hybridized carbons (Fsp3) is 0.111. The van der Waals surface area contributed by atoms with E-state index in [2.05, 4.69) is 30.0 Å². The van der Waals surface area contributed by atoms with Gasteiger partial charge in [-0.1, -0.05) is 22.0 Å². The third kappa shape index (κ3) is 3.02. The van der Waals surface area contributed by atoms with E-state index in [0.717, 1.165) is 11.5 Å². The summed E-state index contributed by atoms with van der Waals surface area (Å²) in [6.07, 6.45) is 0. The van der Waals surface area contributed by atoms with Crippen LogP contribution in [0.25, 0.3) is 0 Å². The summed E-state index contributed by atoms with van der Waals surface area (Å²) in [5.41, 5.74) is 0. The van der Waals surface area contributed by atoms with Crippen molar-refractivity contribution in [2.75, 3.05) is 4.72 Å². The fourth-order valence-electron chi connectivity index (χ4n) is 1.15. The van der Waals surface area contributed by atoms with Crippen LogP contribution in [0, 0.1) is 6.92 Å². The molecule has 0 aliphatic rings. The molecule has 0 unspecified atom stereocenters. The lowest BCUT2D eigenvalue weighted by atomic mass is 10.4. The maximum Gasteiger partial charge on any atom is 0.263 e. The second-order valence-electron chi connectivity index (χ2n) is 3.21. The fourth-order valence-corrected chi connectivity index (χ4v) is 3.54. The van der Waals surface area contributed by atoms with Gasteiger partial charge in [-0.15, -0.1) is 0 Å². The average Bonchev–Trinajstić information content (AvgIpc) is 2.63. The van der Waals surface area contributed by atoms with Crippen LogP contribution in [0.3, 0.4) is 0 Å². The van der Waals surface area contributed by atoms with Crippen LogP contribution in [-0.2, 0) is 10.0 Å². The van der Waals surface area contributed by atoms with Crippen molar-refractivity contribution in [3.63, 3.8) is 0 Å². The molecule has 0 fully saturated rings. The predicted molar refractivity (Wildman–Crippen MR) is 69.6 cm³/mol. The Morgan fingerprint density at radius 3 is 2.76 bits per heavy atom. The van der Waals surface area contributed by atoms with E-state index in [-0.39, 0.29) is 10.0 Å². The minimum absolute atomic E-state index is 0.180. The van der Waals surface area contributed by atoms with Crippen LogP contribution in [0.2, 0.25) is 0 Å². The number of hydrogen-bond acceptors (Lipinski definition) is 5. The van der Waals surface area contributed by atoms with Crippen molar-refractivity contribution in [1.82, 2.24) is 9.36 Å². The van der Waals surface area contributed by atoms with Crippen molar-refractivity contribution < 1.29 is 8.42 Å². The molecular formula is C9H8BrN3O2S2. The first-order valence-corrected chi connectivity index (χ1v) is 7.61. The standard InChI is InChI=1S/C9H8BrN3O2S2/c1-6-11-9(16-12-6)13-17(14,15)8-4-2-3-7(10)5-8/h2-5H,1H3,(H,11,12,13). The summed E-state index contributed by atoms with van der Waals surface area (Å²) in [5, 5.41) is 0.266. The van der Waals surface area contributed by atoms with Gasteiger partial charge in [-0.25, -0.2) is 13.4 Å². The normalized spacial score (nSPS) is 11.4. The Bertz CT molecular complexity index is 639. The number of rotatable bonds is 3. The van der Waals surface area contributed by atoms with Crippen LogP contribution in [0.4, 0.5) is 5.13 Å². The molecule has 0 aliphatic carbocycles. The molecule has 0 bridgehead atoms. The first-order chi connectivity index (χ1) is 7.97. The zero-order valence-corrected chi connectivity index (χ0v) is 11.9. The third-order valence-corrected chi connectivity index (χ3v) is 4.54. The minimum atomic E-state index is -3.59. The highest BCUT2D eigenvalue weighted by Crippen LogP contribution is 2.20. The number of aryl methyl sites for hydroxylation is 1. The molecule has 2 aromatic rings. The van der Waals surface area contributed by atoms with Crippen molar-refractivity contribution in [3.8, 4) is 0 Å². The maximum absolute atomic E-state index is 12.0. The van der Waals surface area contributed by atoms with Gasteiger partial charge in [0, 0.05) is 16.0 Å². The molecular weight excluding hydrogens is 326 g/mol. The molecule has 0 saturated heterocycles. The molecule has 1 aromatic heterocycles. The largest absolute Gasteiger partial charge is 0.263 e. The highest BCUT2D eigenvalue weighted by molar-refractivity contribution is 9.10. The van der Waals surface area contributed by atoms with Crippen LogP contribution in [-0.4, -0.2) is 17.8 Å². The monoisotopic (exact) mass is 333 g/mol. The molecule has 1 aromatic carbocycles. The van der Waals surface area contributed by atoms with Crippen molar-refractivity contribution in [3.05, 3.63) is 34.6 Å². The van der Waals surface area contributed by atoms with Gasteiger partial charge in [0.2, 0.25) is 5.13 Å². The number of hydrogen-bond donors (Lipinski definition) is 1. The minimum Gasteiger partial charge on any atom is -0.253 e. The van der Waals surface area contributed by atoms with Crippen molar-refractivity contribution in [2.45, 2.75) is 11.8 Å². The SMILES string of the molecule is Cc1nsc(NS(=O)(=O)c2cccc(Br)c2)n1. The van der Waals surface area contributed by atoms with Gasteiger partial charge in [-0.3, -0.25) is 4.72 Å². The molecule has 0 radical (unpaired) electrons. The number of anilines is 1. The third-order valence-electron chi connectivity index (χ3n) is 1.86. The summed E-state index contributed by atoms with van der Waals surface area (Å²) in [6.45, 7) is 1.70. The van der Waals surface area contributed by atoms with E-state index in [9.17, 15) is 8.42 Å². The van der Waals surface area contributed by atoms with Gasteiger partial charge in [0.15, 0.2) is 0 Å². The van der Waals surface area contributed by atoms with E-state index < -0.39 is 10.0 Å². The quantitative estimate of drug-likeness (QED) is 0.936. The number of benzene rings is 1. The van der Waals surface area contributed by atoms with Gasteiger partial charge in [0.05, 0.1) is 4.90 Å². The predicted octanol–water partition coefficient (Wildman–Crippen LogP) is 2.41. The Morgan fingerprint density at radius 1 is 1.41 bits per heavy atom. The second-order valence-corrected chi connectivity index (χ2v) is 6.56. The number of sulfonamides is 1. The van der Waals surface area contributed by atoms with E-state index >= 15 is 0 Å². The Hall–Kier alpha value is -0.990. The van der Waals surface area contributed by atoms with Gasteiger partial charge in [-0.2, -0.15) is 4.37 Å². The number of nitrogens with zero attached hydrogens (tertiary/aromatic N) is 2. The van der Waals surface area contributed by atoms with Crippen LogP contribution in [0.15, 0.2) is 33.6 Å². The lowest BCUT2D eigenvalue weighted by molar-refractivity contribution is 0.601. The van der Waals surface area contributed by atoms with Crippen molar-refractivity contribution >= 4 is 42.6 Å². The summed E-state index contributed by atoms with van der Waals surface area (Å²) in [6, 6.07) is 6.45. The molecule has 0 aliphatic heterocycles. The van der Waals surface area contributed by atoms with Gasteiger partial charge >= 0.3 is 0 Å². The molecule has 8 heteroatoms. The maximum atomic E-state index is 12.0. The molecule has 5 nitrogen and oxygen atoms in total. The second kappa shape index (κ2) is 4.71. The number of nitrogens with one attached hydrogen (secondary N) is 1. The summed E-state index contributed by atoms with van der Waals surface area (Å²) in [7, 11) is -3.59. The van der Waals surface area contributed by atoms with E-state index in [4.69, 9.17) is 0 Å². The molecule has 17 heavy (non-hydrogen) atoms. The summed E-state index contributed by atoms with van der Waals surface area (Å²) in [4.78, 5) is 4.13. The topological polar surface area (TPSA) is 72.0 Å². The molecule has 0 saturated carbocycles. The van der Waals surface area contributed by atoms with Crippen LogP contribution in [0.1, 0.15) is 5.82 Å². The van der Waals surface area contributed by atoms with Crippen molar-refractivity contribution in [1.29, 1.82) is 0 Å². The lowest BCUT2D eigenvalue weighted by Crippen LogP contribution is -2.12. The van der Waals surface area contributed by atoms with E-state index in [1.807, 2.05) is 0 Å². The Morgan fingerprint density at radius 2 is 2.18 bits per heavy atom. The summed E-state index contributed by atoms with van der Waals surface area (Å²) in [5.74, 6) is 0.543. The molecule has 0 amide bonds. The van der Waals surface area contributed by atoms with Crippen LogP contribution in [0.5, 0.6) is 0 Å². The summed E-state index contributed by atoms with van der Waals surface area (Å²) >= 11 is 4.24. The van der Waals surface area contributed by atoms with Crippen LogP contribution >= 0.6 is 27.5 Å². The van der Waals surface area contributed by atoms with Gasteiger partial charge in [-0.05, 0) is 25.1 Å². The van der Waals surface area contributed by atoms with Crippen molar-refractivity contribution in [2.24, 2.45) is 0 Å². The molecule has 0 atom stereocenters. The molecule has 1 N–H and O–H groups in total. The lowest BCUT2D eigenvalue weighted by Gasteiger charge is -2.04. The molecule has 0 spiro atoms. The van der Waals surface area contributed by atoms with E-state index in [0.29, 0.717) is 10.3 Å². The zero-order valence-electron chi connectivity index (χ0n) is 8.71. The summed E-state index contributed by atoms with van der Waals surface area (Å²) < 4.78 is 30.9. The van der Waals surface area contributed by atoms with E-state index in [1.54, 1.807) is 19.1 Å². The first kappa shape index (κ1) is 12.5. The van der Waals surface area contributed by atoms with Gasteiger partial charge < -0.3 is 0 Å². The van der Waals surface area contributed by atoms with E-state index in [1.165, 1.54) is 12.1 Å². The Labute approximate surface area is 111 Å². The van der Waals surface area contributed by atoms with Gasteiger partial charge in [0.1, 0.15) is 5.82 Å². The molecule has 1 heterocycles. The Balaban J connectivity index is 2.31. The average molecular weight is 334 g/mol. The zero-order chi connectivity index (χ0) is 12.5. The first-order valence-electron chi connectivity index (χ1n) is 4.56. The van der Waals surface area contributed by atoms with Gasteiger partial charge in [0.25, 0.3) is 10.0 Å². The Kier molecular flexibility index (Phi) is 3.45. The number of aromatic nitrogens is 2.